The maximum absolute atomic E-state index is 5.43. The monoisotopic (exact) mass is 288 g/mol. The average molecular weight is 288 g/mol. The Kier molecular flexibility index (Phi) is 4.39. The third-order valence-corrected chi connectivity index (χ3v) is 4.28. The second-order valence-corrected chi connectivity index (χ2v) is 5.66. The Morgan fingerprint density at radius 2 is 2.14 bits per heavy atom. The number of hydrogen-bond donors (Lipinski definition) is 1. The van der Waals surface area contributed by atoms with E-state index in [4.69, 9.17) is 9.72 Å². The molecule has 1 saturated heterocycles. The van der Waals surface area contributed by atoms with Gasteiger partial charge < -0.3 is 14.6 Å². The van der Waals surface area contributed by atoms with Crippen molar-refractivity contribution >= 4 is 16.9 Å². The number of nitrogens with one attached hydrogen (secondary N) is 1. The van der Waals surface area contributed by atoms with Crippen LogP contribution in [-0.2, 0) is 4.74 Å². The zero-order valence-corrected chi connectivity index (χ0v) is 12.9. The Balaban J connectivity index is 1.95. The summed E-state index contributed by atoms with van der Waals surface area (Å²) in [6, 6.07) is 0. The summed E-state index contributed by atoms with van der Waals surface area (Å²) in [5.41, 5.74) is 4.17. The highest BCUT2D eigenvalue weighted by Gasteiger charge is 2.18. The van der Waals surface area contributed by atoms with Crippen molar-refractivity contribution < 1.29 is 4.74 Å². The summed E-state index contributed by atoms with van der Waals surface area (Å²) >= 11 is 0. The lowest BCUT2D eigenvalue weighted by molar-refractivity contribution is 0.123. The van der Waals surface area contributed by atoms with Gasteiger partial charge in [0, 0.05) is 25.2 Å². The Labute approximate surface area is 125 Å². The highest BCUT2D eigenvalue weighted by molar-refractivity contribution is 5.86. The van der Waals surface area contributed by atoms with Crippen molar-refractivity contribution in [2.75, 3.05) is 31.2 Å². The molecule has 5 heteroatoms. The molecule has 1 fully saturated rings. The summed E-state index contributed by atoms with van der Waals surface area (Å²) in [6.45, 7) is 7.87. The van der Waals surface area contributed by atoms with Gasteiger partial charge in [-0.15, -0.1) is 0 Å². The van der Waals surface area contributed by atoms with Crippen molar-refractivity contribution in [3.8, 4) is 0 Å². The highest BCUT2D eigenvalue weighted by atomic mass is 16.5. The van der Waals surface area contributed by atoms with Crippen molar-refractivity contribution in [2.24, 2.45) is 0 Å². The van der Waals surface area contributed by atoms with Gasteiger partial charge in [0.25, 0.3) is 0 Å². The van der Waals surface area contributed by atoms with E-state index < -0.39 is 0 Å². The lowest BCUT2D eigenvalue weighted by Crippen LogP contribution is -2.36. The van der Waals surface area contributed by atoms with Gasteiger partial charge in [-0.1, -0.05) is 20.3 Å². The van der Waals surface area contributed by atoms with Crippen molar-refractivity contribution in [3.05, 3.63) is 18.1 Å². The number of aromatic nitrogens is 3. The van der Waals surface area contributed by atoms with E-state index in [1.54, 1.807) is 0 Å². The van der Waals surface area contributed by atoms with Crippen molar-refractivity contribution in [2.45, 2.75) is 39.0 Å². The van der Waals surface area contributed by atoms with Gasteiger partial charge in [0.15, 0.2) is 5.65 Å². The molecule has 1 unspecified atom stereocenters. The molecule has 0 aromatic carbocycles. The summed E-state index contributed by atoms with van der Waals surface area (Å²) in [4.78, 5) is 15.1. The third-order valence-electron chi connectivity index (χ3n) is 4.28. The molecule has 0 amide bonds. The fourth-order valence-electron chi connectivity index (χ4n) is 3.04. The molecule has 3 heterocycles. The first-order valence-corrected chi connectivity index (χ1v) is 8.00. The number of anilines is 1. The van der Waals surface area contributed by atoms with Crippen molar-refractivity contribution in [1.29, 1.82) is 0 Å². The van der Waals surface area contributed by atoms with Gasteiger partial charge >= 0.3 is 0 Å². The van der Waals surface area contributed by atoms with Gasteiger partial charge in [-0.2, -0.15) is 0 Å². The van der Waals surface area contributed by atoms with E-state index in [0.717, 1.165) is 55.3 Å². The summed E-state index contributed by atoms with van der Waals surface area (Å²) in [7, 11) is 0. The number of aromatic amines is 1. The van der Waals surface area contributed by atoms with Crippen molar-refractivity contribution in [3.63, 3.8) is 0 Å². The van der Waals surface area contributed by atoms with Gasteiger partial charge in [0.1, 0.15) is 5.52 Å². The smallest absolute Gasteiger partial charge is 0.158 e. The molecule has 1 aliphatic heterocycles. The highest BCUT2D eigenvalue weighted by Crippen LogP contribution is 2.28. The number of fused-ring (bicyclic) bond motifs is 1. The molecule has 0 radical (unpaired) electrons. The number of nitrogens with zero attached hydrogens (tertiary/aromatic N) is 3. The Bertz CT molecular complexity index is 589. The molecular weight excluding hydrogens is 264 g/mol. The maximum Gasteiger partial charge on any atom is 0.158 e. The molecule has 0 aliphatic carbocycles. The summed E-state index contributed by atoms with van der Waals surface area (Å²) in [6.07, 6.45) is 7.44. The van der Waals surface area contributed by atoms with Gasteiger partial charge in [0.2, 0.25) is 0 Å². The van der Waals surface area contributed by atoms with Crippen LogP contribution in [-0.4, -0.2) is 41.3 Å². The normalized spacial score (nSPS) is 17.3. The molecule has 0 saturated carbocycles. The Hall–Kier alpha value is -1.62. The molecule has 0 bridgehead atoms. The molecule has 1 atom stereocenters. The Morgan fingerprint density at radius 1 is 1.33 bits per heavy atom. The van der Waals surface area contributed by atoms with E-state index in [2.05, 4.69) is 28.7 Å². The van der Waals surface area contributed by atoms with Crippen LogP contribution in [0.4, 0.5) is 5.69 Å². The molecule has 2 aromatic heterocycles. The van der Waals surface area contributed by atoms with Crippen LogP contribution in [0.2, 0.25) is 0 Å². The average Bonchev–Trinajstić information content (AvgIpc) is 2.96. The van der Waals surface area contributed by atoms with Crippen LogP contribution in [0.25, 0.3) is 11.2 Å². The topological polar surface area (TPSA) is 54.0 Å². The van der Waals surface area contributed by atoms with Crippen LogP contribution >= 0.6 is 0 Å². The van der Waals surface area contributed by atoms with E-state index >= 15 is 0 Å². The third kappa shape index (κ3) is 2.88. The number of H-pyrrole nitrogens is 1. The van der Waals surface area contributed by atoms with E-state index in [1.807, 2.05) is 12.4 Å². The lowest BCUT2D eigenvalue weighted by atomic mass is 9.97. The van der Waals surface area contributed by atoms with Crippen LogP contribution < -0.4 is 4.90 Å². The van der Waals surface area contributed by atoms with Crippen LogP contribution in [0.3, 0.4) is 0 Å². The second kappa shape index (κ2) is 6.43. The van der Waals surface area contributed by atoms with Crippen LogP contribution in [0.1, 0.15) is 44.7 Å². The minimum atomic E-state index is 0.513. The zero-order chi connectivity index (χ0) is 14.7. The number of hydrogen-bond acceptors (Lipinski definition) is 4. The molecule has 1 N–H and O–H groups in total. The second-order valence-electron chi connectivity index (χ2n) is 5.66. The van der Waals surface area contributed by atoms with Gasteiger partial charge in [-0.05, 0) is 12.8 Å². The minimum absolute atomic E-state index is 0.513. The predicted octanol–water partition coefficient (Wildman–Crippen LogP) is 3.09. The largest absolute Gasteiger partial charge is 0.378 e. The summed E-state index contributed by atoms with van der Waals surface area (Å²) in [5, 5.41) is 0. The predicted molar refractivity (Wildman–Crippen MR) is 84.9 cm³/mol. The fraction of sp³-hybridized carbons (Fsp3) is 0.625. The molecular formula is C16H24N4O. The van der Waals surface area contributed by atoms with Crippen LogP contribution in [0.15, 0.2) is 12.4 Å². The standard InChI is InChI=1S/C16H24N4O/c1-3-5-12(4-2)13-10-17-16-15(19-13)14(11-18-16)20-6-8-21-9-7-20/h10-12H,3-9H2,1-2H3,(H,17,18). The van der Waals surface area contributed by atoms with Crippen LogP contribution in [0.5, 0.6) is 0 Å². The maximum atomic E-state index is 5.43. The quantitative estimate of drug-likeness (QED) is 0.918. The van der Waals surface area contributed by atoms with Gasteiger partial charge in [-0.3, -0.25) is 0 Å². The van der Waals surface area contributed by atoms with E-state index in [1.165, 1.54) is 12.8 Å². The number of rotatable bonds is 5. The first kappa shape index (κ1) is 14.3. The Morgan fingerprint density at radius 3 is 2.86 bits per heavy atom. The summed E-state index contributed by atoms with van der Waals surface area (Å²) in [5.74, 6) is 0.513. The van der Waals surface area contributed by atoms with Crippen LogP contribution in [0, 0.1) is 0 Å². The molecule has 0 spiro atoms. The number of morpholine rings is 1. The summed E-state index contributed by atoms with van der Waals surface area (Å²) < 4.78 is 5.43. The lowest BCUT2D eigenvalue weighted by Gasteiger charge is -2.27. The SMILES string of the molecule is CCCC(CC)c1cnc2[nH]cc(N3CCOCC3)c2n1. The molecule has 114 valence electrons. The molecule has 21 heavy (non-hydrogen) atoms. The molecule has 2 aromatic rings. The van der Waals surface area contributed by atoms with Crippen molar-refractivity contribution in [1.82, 2.24) is 15.0 Å². The number of ether oxygens (including phenoxy) is 1. The zero-order valence-electron chi connectivity index (χ0n) is 12.9. The van der Waals surface area contributed by atoms with E-state index in [-0.39, 0.29) is 0 Å². The van der Waals surface area contributed by atoms with E-state index in [9.17, 15) is 0 Å². The van der Waals surface area contributed by atoms with Gasteiger partial charge in [0.05, 0.1) is 30.8 Å². The van der Waals surface area contributed by atoms with Gasteiger partial charge in [-0.25, -0.2) is 9.97 Å². The first-order chi connectivity index (χ1) is 10.3. The molecule has 3 rings (SSSR count). The molecule has 1 aliphatic rings. The minimum Gasteiger partial charge on any atom is -0.378 e. The van der Waals surface area contributed by atoms with E-state index in [0.29, 0.717) is 5.92 Å². The first-order valence-electron chi connectivity index (χ1n) is 8.00. The molecule has 5 nitrogen and oxygen atoms in total. The fourth-order valence-corrected chi connectivity index (χ4v) is 3.04.